The van der Waals surface area contributed by atoms with Gasteiger partial charge in [-0.3, -0.25) is 9.80 Å². The van der Waals surface area contributed by atoms with E-state index < -0.39 is 0 Å². The zero-order valence-electron chi connectivity index (χ0n) is 11.7. The summed E-state index contributed by atoms with van der Waals surface area (Å²) >= 11 is 2.47. The molecule has 4 rings (SSSR count). The summed E-state index contributed by atoms with van der Waals surface area (Å²) in [6.45, 7) is 11.7. The molecule has 4 aliphatic heterocycles. The Morgan fingerprint density at radius 2 is 1.58 bits per heavy atom. The summed E-state index contributed by atoms with van der Waals surface area (Å²) in [5.74, 6) is 0. The molecule has 4 fully saturated rings. The fourth-order valence-electron chi connectivity index (χ4n) is 4.66. The van der Waals surface area contributed by atoms with Crippen LogP contribution in [-0.4, -0.2) is 71.9 Å². The van der Waals surface area contributed by atoms with Gasteiger partial charge in [0.25, 0.3) is 0 Å². The van der Waals surface area contributed by atoms with Crippen molar-refractivity contribution in [2.75, 3.05) is 59.0 Å². The molecule has 0 bridgehead atoms. The monoisotopic (exact) mass is 376 g/mol. The SMILES string of the molecule is IN1CC2(CCN(CN3CCC4(CCNC4)C3)C2)C1. The highest BCUT2D eigenvalue weighted by molar-refractivity contribution is 14.1. The molecule has 4 nitrogen and oxygen atoms in total. The molecule has 4 saturated heterocycles. The summed E-state index contributed by atoms with van der Waals surface area (Å²) < 4.78 is 2.44. The predicted octanol–water partition coefficient (Wildman–Crippen LogP) is 0.987. The topological polar surface area (TPSA) is 21.8 Å². The van der Waals surface area contributed by atoms with E-state index in [1.807, 2.05) is 0 Å². The quantitative estimate of drug-likeness (QED) is 0.573. The maximum atomic E-state index is 3.56. The molecule has 4 heterocycles. The van der Waals surface area contributed by atoms with Crippen LogP contribution in [0.15, 0.2) is 0 Å². The van der Waals surface area contributed by atoms with E-state index in [-0.39, 0.29) is 0 Å². The summed E-state index contributed by atoms with van der Waals surface area (Å²) in [5, 5.41) is 3.56. The third kappa shape index (κ3) is 2.46. The van der Waals surface area contributed by atoms with E-state index in [1.54, 1.807) is 0 Å². The molecular formula is C14H25IN4. The standard InChI is InChI=1S/C14H25IN4/c15-19-10-14(11-19)3-6-18(9-14)12-17-5-2-13(8-17)1-4-16-7-13/h16H,1-12H2. The largest absolute Gasteiger partial charge is 0.316 e. The first kappa shape index (κ1) is 13.2. The molecule has 1 N–H and O–H groups in total. The van der Waals surface area contributed by atoms with Crippen LogP contribution in [0.3, 0.4) is 0 Å². The van der Waals surface area contributed by atoms with Gasteiger partial charge in [-0.2, -0.15) is 0 Å². The molecule has 19 heavy (non-hydrogen) atoms. The van der Waals surface area contributed by atoms with Crippen LogP contribution < -0.4 is 5.32 Å². The first-order chi connectivity index (χ1) is 9.17. The lowest BCUT2D eigenvalue weighted by Crippen LogP contribution is -2.53. The highest BCUT2D eigenvalue weighted by Crippen LogP contribution is 2.42. The van der Waals surface area contributed by atoms with Crippen LogP contribution in [0, 0.1) is 10.8 Å². The van der Waals surface area contributed by atoms with Crippen molar-refractivity contribution in [1.82, 2.24) is 18.2 Å². The molecule has 0 aromatic heterocycles. The number of nitrogens with zero attached hydrogens (tertiary/aromatic N) is 3. The Kier molecular flexibility index (Phi) is 3.34. The van der Waals surface area contributed by atoms with Crippen molar-refractivity contribution in [2.45, 2.75) is 19.3 Å². The number of hydrogen-bond donors (Lipinski definition) is 1. The summed E-state index contributed by atoms with van der Waals surface area (Å²) in [6.07, 6.45) is 4.24. The van der Waals surface area contributed by atoms with Gasteiger partial charge in [0.2, 0.25) is 0 Å². The molecule has 0 amide bonds. The van der Waals surface area contributed by atoms with Crippen LogP contribution in [0.2, 0.25) is 0 Å². The number of nitrogens with one attached hydrogen (secondary N) is 1. The minimum absolute atomic E-state index is 0.632. The summed E-state index contributed by atoms with van der Waals surface area (Å²) in [6, 6.07) is 0. The smallest absolute Gasteiger partial charge is 0.0506 e. The zero-order valence-corrected chi connectivity index (χ0v) is 13.9. The van der Waals surface area contributed by atoms with Gasteiger partial charge in [-0.25, -0.2) is 3.11 Å². The Morgan fingerprint density at radius 3 is 2.21 bits per heavy atom. The second kappa shape index (κ2) is 4.80. The fraction of sp³-hybridized carbons (Fsp3) is 1.00. The molecular weight excluding hydrogens is 351 g/mol. The normalized spacial score (nSPS) is 39.6. The van der Waals surface area contributed by atoms with Gasteiger partial charge in [0.1, 0.15) is 0 Å². The van der Waals surface area contributed by atoms with Crippen molar-refractivity contribution in [3.8, 4) is 0 Å². The first-order valence-electron chi connectivity index (χ1n) is 7.73. The van der Waals surface area contributed by atoms with Crippen molar-refractivity contribution in [1.29, 1.82) is 0 Å². The Labute approximate surface area is 130 Å². The van der Waals surface area contributed by atoms with Crippen LogP contribution in [0.1, 0.15) is 19.3 Å². The predicted molar refractivity (Wildman–Crippen MR) is 85.2 cm³/mol. The Hall–Kier alpha value is 0.570. The maximum Gasteiger partial charge on any atom is 0.0506 e. The zero-order chi connectivity index (χ0) is 12.9. The molecule has 2 spiro atoms. The summed E-state index contributed by atoms with van der Waals surface area (Å²) in [7, 11) is 0. The highest BCUT2D eigenvalue weighted by atomic mass is 127. The average molecular weight is 376 g/mol. The number of rotatable bonds is 2. The third-order valence-corrected chi connectivity index (χ3v) is 6.46. The van der Waals surface area contributed by atoms with Gasteiger partial charge >= 0.3 is 0 Å². The minimum atomic E-state index is 0.632. The molecule has 0 aromatic carbocycles. The minimum Gasteiger partial charge on any atom is -0.316 e. The van der Waals surface area contributed by atoms with Gasteiger partial charge < -0.3 is 5.32 Å². The first-order valence-corrected chi connectivity index (χ1v) is 8.70. The lowest BCUT2D eigenvalue weighted by molar-refractivity contribution is 0.0864. The summed E-state index contributed by atoms with van der Waals surface area (Å²) in [5.41, 5.74) is 1.29. The molecule has 0 aliphatic carbocycles. The number of halogens is 1. The van der Waals surface area contributed by atoms with Crippen LogP contribution in [-0.2, 0) is 0 Å². The van der Waals surface area contributed by atoms with Crippen LogP contribution in [0.4, 0.5) is 0 Å². The third-order valence-electron chi connectivity index (χ3n) is 5.78. The maximum absolute atomic E-state index is 3.56. The van der Waals surface area contributed by atoms with Gasteiger partial charge in [0.15, 0.2) is 0 Å². The van der Waals surface area contributed by atoms with Gasteiger partial charge in [0.05, 0.1) is 6.67 Å². The van der Waals surface area contributed by atoms with E-state index in [0.717, 1.165) is 0 Å². The van der Waals surface area contributed by atoms with E-state index in [9.17, 15) is 0 Å². The Morgan fingerprint density at radius 1 is 0.895 bits per heavy atom. The Balaban J connectivity index is 1.29. The molecule has 0 aromatic rings. The van der Waals surface area contributed by atoms with Crippen LogP contribution in [0.25, 0.3) is 0 Å². The van der Waals surface area contributed by atoms with Gasteiger partial charge in [-0.1, -0.05) is 0 Å². The molecule has 0 saturated carbocycles. The number of hydrogen-bond acceptors (Lipinski definition) is 4. The second-order valence-electron chi connectivity index (χ2n) is 7.45. The highest BCUT2D eigenvalue weighted by Gasteiger charge is 2.47. The van der Waals surface area contributed by atoms with Gasteiger partial charge in [-0.15, -0.1) is 0 Å². The second-order valence-corrected chi connectivity index (χ2v) is 8.82. The van der Waals surface area contributed by atoms with Crippen LogP contribution in [0.5, 0.6) is 0 Å². The van der Waals surface area contributed by atoms with Crippen molar-refractivity contribution >= 4 is 22.9 Å². The molecule has 0 radical (unpaired) electrons. The van der Waals surface area contributed by atoms with Crippen molar-refractivity contribution < 1.29 is 0 Å². The Bertz CT molecular complexity index is 349. The van der Waals surface area contributed by atoms with E-state index in [4.69, 9.17) is 0 Å². The molecule has 4 aliphatic rings. The van der Waals surface area contributed by atoms with Crippen molar-refractivity contribution in [3.63, 3.8) is 0 Å². The lowest BCUT2D eigenvalue weighted by Gasteiger charge is -2.44. The van der Waals surface area contributed by atoms with Crippen molar-refractivity contribution in [3.05, 3.63) is 0 Å². The van der Waals surface area contributed by atoms with Crippen molar-refractivity contribution in [2.24, 2.45) is 10.8 Å². The summed E-state index contributed by atoms with van der Waals surface area (Å²) in [4.78, 5) is 5.43. The van der Waals surface area contributed by atoms with Crippen LogP contribution >= 0.6 is 22.9 Å². The lowest BCUT2D eigenvalue weighted by atomic mass is 9.81. The molecule has 5 heteroatoms. The molecule has 108 valence electrons. The van der Waals surface area contributed by atoms with E-state index in [0.29, 0.717) is 10.8 Å². The fourth-order valence-corrected chi connectivity index (χ4v) is 6.11. The molecule has 1 atom stereocenters. The van der Waals surface area contributed by atoms with E-state index >= 15 is 0 Å². The van der Waals surface area contributed by atoms with E-state index in [1.165, 1.54) is 78.3 Å². The molecule has 1 unspecified atom stereocenters. The average Bonchev–Trinajstić information content (AvgIpc) is 3.03. The van der Waals surface area contributed by atoms with E-state index in [2.05, 4.69) is 41.1 Å². The number of likely N-dealkylation sites (tertiary alicyclic amines) is 2. The van der Waals surface area contributed by atoms with Gasteiger partial charge in [-0.05, 0) is 31.2 Å². The van der Waals surface area contributed by atoms with Gasteiger partial charge in [0, 0.05) is 74.1 Å².